The number of nitriles is 1. The van der Waals surface area contributed by atoms with Crippen molar-refractivity contribution in [2.45, 2.75) is 50.2 Å². The Hall–Kier alpha value is -3.09. The van der Waals surface area contributed by atoms with Crippen LogP contribution in [0.2, 0.25) is 0 Å². The van der Waals surface area contributed by atoms with E-state index in [9.17, 15) is 19.6 Å². The van der Waals surface area contributed by atoms with Crippen LogP contribution in [0.1, 0.15) is 43.2 Å². The van der Waals surface area contributed by atoms with E-state index in [0.717, 1.165) is 35.8 Å². The number of nitrogens with one attached hydrogen (secondary N) is 2. The highest BCUT2D eigenvalue weighted by atomic mass is 32.2. The van der Waals surface area contributed by atoms with Crippen molar-refractivity contribution < 1.29 is 19.5 Å². The predicted molar refractivity (Wildman–Crippen MR) is 131 cm³/mol. The van der Waals surface area contributed by atoms with E-state index in [2.05, 4.69) is 23.6 Å². The Morgan fingerprint density at radius 3 is 2.61 bits per heavy atom. The van der Waals surface area contributed by atoms with Crippen molar-refractivity contribution in [3.63, 3.8) is 0 Å². The van der Waals surface area contributed by atoms with E-state index in [1.54, 1.807) is 31.2 Å². The van der Waals surface area contributed by atoms with Crippen LogP contribution in [0, 0.1) is 17.2 Å². The Kier molecular flexibility index (Phi) is 7.95. The molecule has 1 aromatic carbocycles. The molecule has 0 saturated heterocycles. The van der Waals surface area contributed by atoms with Crippen molar-refractivity contribution in [1.82, 2.24) is 0 Å². The summed E-state index contributed by atoms with van der Waals surface area (Å²) in [7, 11) is 0. The molecular formula is C24H25N3O4S2. The molecule has 3 rings (SSSR count). The monoisotopic (exact) mass is 483 g/mol. The molecule has 2 aromatic rings. The Balaban J connectivity index is 1.60. The summed E-state index contributed by atoms with van der Waals surface area (Å²) in [4.78, 5) is 37.5. The molecular weight excluding hydrogens is 458 g/mol. The van der Waals surface area contributed by atoms with Crippen LogP contribution in [0.15, 0.2) is 40.8 Å². The zero-order valence-electron chi connectivity index (χ0n) is 18.6. The molecule has 0 bridgehead atoms. The van der Waals surface area contributed by atoms with Crippen LogP contribution < -0.4 is 10.6 Å². The molecule has 0 aliphatic heterocycles. The van der Waals surface area contributed by atoms with Crippen molar-refractivity contribution >= 4 is 51.6 Å². The minimum Gasteiger partial charge on any atom is -0.478 e. The zero-order valence-corrected chi connectivity index (χ0v) is 20.2. The van der Waals surface area contributed by atoms with Gasteiger partial charge in [0.05, 0.1) is 10.8 Å². The summed E-state index contributed by atoms with van der Waals surface area (Å²) in [6.07, 6.45) is 3.91. The van der Waals surface area contributed by atoms with Crippen molar-refractivity contribution in [3.05, 3.63) is 51.9 Å². The maximum atomic E-state index is 12.8. The second kappa shape index (κ2) is 10.7. The highest BCUT2D eigenvalue weighted by molar-refractivity contribution is 8.00. The SMILES string of the molecule is C/C(=C/C(=O)Nc1ccc(S[C@H](C)C(=O)Nc2sc3c(c2C#N)CC[C@H](C)C3)cc1)C(=O)O. The fourth-order valence-electron chi connectivity index (χ4n) is 3.48. The molecule has 172 valence electrons. The van der Waals surface area contributed by atoms with Crippen LogP contribution >= 0.6 is 23.1 Å². The highest BCUT2D eigenvalue weighted by Crippen LogP contribution is 2.39. The van der Waals surface area contributed by atoms with Crippen molar-refractivity contribution in [2.24, 2.45) is 5.92 Å². The largest absolute Gasteiger partial charge is 0.478 e. The lowest BCUT2D eigenvalue weighted by molar-refractivity contribution is -0.132. The summed E-state index contributed by atoms with van der Waals surface area (Å²) >= 11 is 2.88. The van der Waals surface area contributed by atoms with Gasteiger partial charge in [0.15, 0.2) is 0 Å². The summed E-state index contributed by atoms with van der Waals surface area (Å²) in [5.74, 6) is -1.26. The molecule has 9 heteroatoms. The first-order valence-electron chi connectivity index (χ1n) is 10.5. The molecule has 0 fully saturated rings. The van der Waals surface area contributed by atoms with Crippen LogP contribution in [-0.4, -0.2) is 28.1 Å². The van der Waals surface area contributed by atoms with Gasteiger partial charge in [0, 0.05) is 27.1 Å². The number of hydrogen-bond donors (Lipinski definition) is 3. The molecule has 0 unspecified atom stereocenters. The third-order valence-corrected chi connectivity index (χ3v) is 7.63. The van der Waals surface area contributed by atoms with Crippen LogP contribution in [0.3, 0.4) is 0 Å². The number of carbonyl (C=O) groups excluding carboxylic acids is 2. The molecule has 0 spiro atoms. The maximum Gasteiger partial charge on any atom is 0.331 e. The van der Waals surface area contributed by atoms with E-state index in [4.69, 9.17) is 5.11 Å². The van der Waals surface area contributed by atoms with E-state index in [-0.39, 0.29) is 11.5 Å². The number of anilines is 2. The summed E-state index contributed by atoms with van der Waals surface area (Å²) in [6, 6.07) is 9.22. The van der Waals surface area contributed by atoms with Gasteiger partial charge in [-0.25, -0.2) is 4.79 Å². The van der Waals surface area contributed by atoms with Crippen LogP contribution in [0.25, 0.3) is 0 Å². The standard InChI is InChI=1S/C24H25N3O4S2/c1-13-4-9-18-19(12-25)23(33-20(18)10-13)27-22(29)15(3)32-17-7-5-16(6-8-17)26-21(28)11-14(2)24(30)31/h5-8,11,13,15H,4,9-10H2,1-3H3,(H,26,28)(H,27,29)(H,30,31)/b14-11-/t13-,15+/m0/s1. The molecule has 33 heavy (non-hydrogen) atoms. The maximum absolute atomic E-state index is 12.8. The quantitative estimate of drug-likeness (QED) is 0.383. The third-order valence-electron chi connectivity index (χ3n) is 5.35. The lowest BCUT2D eigenvalue weighted by atomic mass is 9.89. The molecule has 1 heterocycles. The van der Waals surface area contributed by atoms with Crippen molar-refractivity contribution in [3.8, 4) is 6.07 Å². The number of hydrogen-bond acceptors (Lipinski definition) is 6. The number of thioether (sulfide) groups is 1. The van der Waals surface area contributed by atoms with Gasteiger partial charge in [-0.15, -0.1) is 23.1 Å². The lowest BCUT2D eigenvalue weighted by Crippen LogP contribution is -2.22. The molecule has 2 atom stereocenters. The van der Waals surface area contributed by atoms with Crippen LogP contribution in [-0.2, 0) is 27.2 Å². The molecule has 1 aliphatic rings. The molecule has 7 nitrogen and oxygen atoms in total. The number of thiophene rings is 1. The molecule has 1 aromatic heterocycles. The minimum atomic E-state index is -1.15. The van der Waals surface area contributed by atoms with Gasteiger partial charge in [-0.3, -0.25) is 9.59 Å². The second-order valence-corrected chi connectivity index (χ2v) is 10.6. The number of fused-ring (bicyclic) bond motifs is 1. The number of nitrogens with zero attached hydrogens (tertiary/aromatic N) is 1. The normalized spacial score (nSPS) is 16.3. The van der Waals surface area contributed by atoms with Crippen LogP contribution in [0.4, 0.5) is 10.7 Å². The van der Waals surface area contributed by atoms with Gasteiger partial charge in [-0.05, 0) is 68.9 Å². The Morgan fingerprint density at radius 2 is 1.97 bits per heavy atom. The molecule has 2 amide bonds. The van der Waals surface area contributed by atoms with Gasteiger partial charge in [0.1, 0.15) is 11.1 Å². The fraction of sp³-hybridized carbons (Fsp3) is 0.333. The van der Waals surface area contributed by atoms with Gasteiger partial charge in [-0.2, -0.15) is 5.26 Å². The first-order valence-corrected chi connectivity index (χ1v) is 12.2. The van der Waals surface area contributed by atoms with E-state index >= 15 is 0 Å². The predicted octanol–water partition coefficient (Wildman–Crippen LogP) is 4.83. The Bertz CT molecular complexity index is 1150. The number of amides is 2. The smallest absolute Gasteiger partial charge is 0.331 e. The Morgan fingerprint density at radius 1 is 1.27 bits per heavy atom. The van der Waals surface area contributed by atoms with Gasteiger partial charge in [-0.1, -0.05) is 6.92 Å². The van der Waals surface area contributed by atoms with Gasteiger partial charge in [0.2, 0.25) is 11.8 Å². The van der Waals surface area contributed by atoms with Crippen molar-refractivity contribution in [1.29, 1.82) is 5.26 Å². The van der Waals surface area contributed by atoms with E-state index in [0.29, 0.717) is 22.2 Å². The third kappa shape index (κ3) is 6.24. The van der Waals surface area contributed by atoms with Crippen LogP contribution in [0.5, 0.6) is 0 Å². The Labute approximate surface area is 200 Å². The molecule has 0 saturated carbocycles. The minimum absolute atomic E-state index is 0.0554. The van der Waals surface area contributed by atoms with E-state index in [1.807, 2.05) is 0 Å². The van der Waals surface area contributed by atoms with Gasteiger partial charge < -0.3 is 15.7 Å². The fourth-order valence-corrected chi connectivity index (χ4v) is 5.71. The van der Waals surface area contributed by atoms with Gasteiger partial charge >= 0.3 is 5.97 Å². The average Bonchev–Trinajstić information content (AvgIpc) is 3.10. The number of carboxylic acid groups (broad SMARTS) is 1. The van der Waals surface area contributed by atoms with E-state index < -0.39 is 17.1 Å². The average molecular weight is 484 g/mol. The topological polar surface area (TPSA) is 119 Å². The first-order chi connectivity index (χ1) is 15.7. The van der Waals surface area contributed by atoms with Gasteiger partial charge in [0.25, 0.3) is 0 Å². The summed E-state index contributed by atoms with van der Waals surface area (Å²) in [5.41, 5.74) is 2.15. The number of rotatable bonds is 7. The number of benzene rings is 1. The molecule has 3 N–H and O–H groups in total. The lowest BCUT2D eigenvalue weighted by Gasteiger charge is -2.17. The highest BCUT2D eigenvalue weighted by Gasteiger charge is 2.25. The number of carboxylic acids is 1. The second-order valence-electron chi connectivity index (χ2n) is 8.06. The van der Waals surface area contributed by atoms with Crippen molar-refractivity contribution in [2.75, 3.05) is 10.6 Å². The zero-order chi connectivity index (χ0) is 24.1. The molecule has 0 radical (unpaired) electrons. The summed E-state index contributed by atoms with van der Waals surface area (Å²) < 4.78 is 0. The van der Waals surface area contributed by atoms with E-state index in [1.165, 1.54) is 34.9 Å². The number of aliphatic carboxylic acids is 1. The summed E-state index contributed by atoms with van der Waals surface area (Å²) in [5, 5.41) is 24.2. The number of carbonyl (C=O) groups is 3. The first kappa shape index (κ1) is 24.6. The summed E-state index contributed by atoms with van der Waals surface area (Å²) in [6.45, 7) is 5.35. The molecule has 1 aliphatic carbocycles.